The van der Waals surface area contributed by atoms with Crippen LogP contribution in [0.4, 0.5) is 0 Å². The molecule has 80 valence electrons. The minimum absolute atomic E-state index is 0.314. The third kappa shape index (κ3) is 2.60. The van der Waals surface area contributed by atoms with Crippen molar-refractivity contribution in [3.63, 3.8) is 0 Å². The highest BCUT2D eigenvalue weighted by atomic mass is 16.6. The van der Waals surface area contributed by atoms with Crippen LogP contribution in [-0.2, 0) is 11.2 Å². The van der Waals surface area contributed by atoms with Crippen LogP contribution in [0.15, 0.2) is 24.8 Å². The Balaban J connectivity index is 2.09. The third-order valence-electron chi connectivity index (χ3n) is 2.53. The molecule has 1 unspecified atom stereocenters. The van der Waals surface area contributed by atoms with Gasteiger partial charge >= 0.3 is 0 Å². The average Bonchev–Trinajstić information content (AvgIpc) is 3.10. The number of hydrogen-bond acceptors (Lipinski definition) is 2. The van der Waals surface area contributed by atoms with E-state index in [1.807, 2.05) is 18.2 Å². The summed E-state index contributed by atoms with van der Waals surface area (Å²) >= 11 is 0. The standard InChI is InChI=1S/C13H16O2/c1-3-10-5-6-13(11(4-2)7-10)15-9-12-8-14-12/h3,5-7,12H,1,4,8-9H2,2H3. The van der Waals surface area contributed by atoms with Crippen LogP contribution in [-0.4, -0.2) is 19.3 Å². The van der Waals surface area contributed by atoms with Gasteiger partial charge in [-0.25, -0.2) is 0 Å². The molecule has 0 bridgehead atoms. The van der Waals surface area contributed by atoms with E-state index in [1.54, 1.807) is 0 Å². The lowest BCUT2D eigenvalue weighted by Gasteiger charge is -2.10. The Labute approximate surface area is 90.5 Å². The summed E-state index contributed by atoms with van der Waals surface area (Å²) in [6.07, 6.45) is 3.14. The average molecular weight is 204 g/mol. The fraction of sp³-hybridized carbons (Fsp3) is 0.385. The van der Waals surface area contributed by atoms with Crippen LogP contribution in [0.25, 0.3) is 6.08 Å². The van der Waals surface area contributed by atoms with Gasteiger partial charge in [-0.1, -0.05) is 25.6 Å². The van der Waals surface area contributed by atoms with Crippen LogP contribution in [0.5, 0.6) is 5.75 Å². The summed E-state index contributed by atoms with van der Waals surface area (Å²) < 4.78 is 10.8. The van der Waals surface area contributed by atoms with Gasteiger partial charge in [0.25, 0.3) is 0 Å². The van der Waals surface area contributed by atoms with Gasteiger partial charge in [-0.3, -0.25) is 0 Å². The maximum absolute atomic E-state index is 5.69. The lowest BCUT2D eigenvalue weighted by atomic mass is 10.1. The quantitative estimate of drug-likeness (QED) is 0.688. The molecule has 0 spiro atoms. The maximum Gasteiger partial charge on any atom is 0.122 e. The van der Waals surface area contributed by atoms with Gasteiger partial charge in [0, 0.05) is 0 Å². The van der Waals surface area contributed by atoms with Gasteiger partial charge in [0.2, 0.25) is 0 Å². The molecule has 1 fully saturated rings. The second-order valence-electron chi connectivity index (χ2n) is 3.69. The Morgan fingerprint density at radius 3 is 3.00 bits per heavy atom. The minimum atomic E-state index is 0.314. The van der Waals surface area contributed by atoms with E-state index in [9.17, 15) is 0 Å². The predicted molar refractivity (Wildman–Crippen MR) is 61.1 cm³/mol. The first-order valence-electron chi connectivity index (χ1n) is 5.33. The van der Waals surface area contributed by atoms with Gasteiger partial charge in [-0.05, 0) is 29.7 Å². The summed E-state index contributed by atoms with van der Waals surface area (Å²) in [5.41, 5.74) is 2.37. The summed E-state index contributed by atoms with van der Waals surface area (Å²) in [6.45, 7) is 7.39. The molecule has 2 nitrogen and oxygen atoms in total. The topological polar surface area (TPSA) is 21.8 Å². The molecule has 1 aliphatic heterocycles. The van der Waals surface area contributed by atoms with Crippen molar-refractivity contribution in [2.24, 2.45) is 0 Å². The molecular formula is C13H16O2. The monoisotopic (exact) mass is 204 g/mol. The molecule has 0 aromatic heterocycles. The summed E-state index contributed by atoms with van der Waals surface area (Å²) in [5, 5.41) is 0. The van der Waals surface area contributed by atoms with Crippen molar-refractivity contribution in [3.8, 4) is 5.75 Å². The zero-order valence-electron chi connectivity index (χ0n) is 9.03. The van der Waals surface area contributed by atoms with Crippen LogP contribution in [0, 0.1) is 0 Å². The largest absolute Gasteiger partial charge is 0.491 e. The van der Waals surface area contributed by atoms with Crippen LogP contribution in [0.2, 0.25) is 0 Å². The Kier molecular flexibility index (Phi) is 3.07. The van der Waals surface area contributed by atoms with Crippen molar-refractivity contribution in [1.82, 2.24) is 0 Å². The molecule has 0 saturated carbocycles. The normalized spacial score (nSPS) is 18.6. The molecule has 2 rings (SSSR count). The smallest absolute Gasteiger partial charge is 0.122 e. The Bertz CT molecular complexity index is 354. The van der Waals surface area contributed by atoms with E-state index in [-0.39, 0.29) is 0 Å². The van der Waals surface area contributed by atoms with Gasteiger partial charge < -0.3 is 9.47 Å². The maximum atomic E-state index is 5.69. The van der Waals surface area contributed by atoms with Crippen molar-refractivity contribution in [2.45, 2.75) is 19.4 Å². The second kappa shape index (κ2) is 4.49. The molecule has 1 aromatic rings. The summed E-state index contributed by atoms with van der Waals surface area (Å²) in [7, 11) is 0. The van der Waals surface area contributed by atoms with Crippen molar-refractivity contribution < 1.29 is 9.47 Å². The first-order chi connectivity index (χ1) is 7.33. The number of benzene rings is 1. The van der Waals surface area contributed by atoms with Crippen LogP contribution < -0.4 is 4.74 Å². The highest BCUT2D eigenvalue weighted by Crippen LogP contribution is 2.22. The van der Waals surface area contributed by atoms with Gasteiger partial charge in [-0.2, -0.15) is 0 Å². The molecule has 2 heteroatoms. The lowest BCUT2D eigenvalue weighted by Crippen LogP contribution is -2.05. The van der Waals surface area contributed by atoms with E-state index in [2.05, 4.69) is 19.6 Å². The molecule has 1 atom stereocenters. The van der Waals surface area contributed by atoms with E-state index < -0.39 is 0 Å². The number of hydrogen-bond donors (Lipinski definition) is 0. The van der Waals surface area contributed by atoms with Gasteiger partial charge in [-0.15, -0.1) is 0 Å². The van der Waals surface area contributed by atoms with Gasteiger partial charge in [0.05, 0.1) is 6.61 Å². The van der Waals surface area contributed by atoms with Crippen molar-refractivity contribution in [2.75, 3.05) is 13.2 Å². The summed E-state index contributed by atoms with van der Waals surface area (Å²) in [5.74, 6) is 0.971. The molecule has 1 heterocycles. The number of epoxide rings is 1. The Morgan fingerprint density at radius 1 is 1.60 bits per heavy atom. The molecular weight excluding hydrogens is 188 g/mol. The van der Waals surface area contributed by atoms with Crippen molar-refractivity contribution in [1.29, 1.82) is 0 Å². The molecule has 1 saturated heterocycles. The second-order valence-corrected chi connectivity index (χ2v) is 3.69. The SMILES string of the molecule is C=Cc1ccc(OCC2CO2)c(CC)c1. The highest BCUT2D eigenvalue weighted by molar-refractivity contribution is 5.51. The van der Waals surface area contributed by atoms with E-state index in [1.165, 1.54) is 5.56 Å². The number of aryl methyl sites for hydroxylation is 1. The molecule has 0 amide bonds. The molecule has 0 radical (unpaired) electrons. The molecule has 0 aliphatic carbocycles. The number of ether oxygens (including phenoxy) is 2. The summed E-state index contributed by atoms with van der Waals surface area (Å²) in [6, 6.07) is 6.16. The highest BCUT2D eigenvalue weighted by Gasteiger charge is 2.23. The number of rotatable bonds is 5. The van der Waals surface area contributed by atoms with Crippen LogP contribution in [0.3, 0.4) is 0 Å². The minimum Gasteiger partial charge on any atom is -0.491 e. The summed E-state index contributed by atoms with van der Waals surface area (Å²) in [4.78, 5) is 0. The Hall–Kier alpha value is -1.28. The predicted octanol–water partition coefficient (Wildman–Crippen LogP) is 2.67. The fourth-order valence-electron chi connectivity index (χ4n) is 1.49. The van der Waals surface area contributed by atoms with Gasteiger partial charge in [0.1, 0.15) is 18.5 Å². The van der Waals surface area contributed by atoms with Gasteiger partial charge in [0.15, 0.2) is 0 Å². The molecule has 0 N–H and O–H groups in total. The van der Waals surface area contributed by atoms with E-state index in [0.717, 1.165) is 24.3 Å². The molecule has 15 heavy (non-hydrogen) atoms. The first-order valence-corrected chi connectivity index (χ1v) is 5.33. The van der Waals surface area contributed by atoms with E-state index in [0.29, 0.717) is 12.7 Å². The first kappa shape index (κ1) is 10.2. The van der Waals surface area contributed by atoms with Crippen molar-refractivity contribution >= 4 is 6.08 Å². The third-order valence-corrected chi connectivity index (χ3v) is 2.53. The lowest BCUT2D eigenvalue weighted by molar-refractivity contribution is 0.261. The van der Waals surface area contributed by atoms with E-state index in [4.69, 9.17) is 9.47 Å². The van der Waals surface area contributed by atoms with Crippen LogP contribution in [0.1, 0.15) is 18.1 Å². The zero-order valence-corrected chi connectivity index (χ0v) is 9.03. The van der Waals surface area contributed by atoms with E-state index >= 15 is 0 Å². The fourth-order valence-corrected chi connectivity index (χ4v) is 1.49. The molecule has 1 aliphatic rings. The van der Waals surface area contributed by atoms with Crippen LogP contribution >= 0.6 is 0 Å². The van der Waals surface area contributed by atoms with Crippen molar-refractivity contribution in [3.05, 3.63) is 35.9 Å². The Morgan fingerprint density at radius 2 is 2.40 bits per heavy atom. The zero-order chi connectivity index (χ0) is 10.7. The molecule has 1 aromatic carbocycles.